The van der Waals surface area contributed by atoms with Crippen molar-refractivity contribution in [1.82, 2.24) is 9.29 Å². The van der Waals surface area contributed by atoms with Gasteiger partial charge in [-0.2, -0.15) is 4.31 Å². The summed E-state index contributed by atoms with van der Waals surface area (Å²) >= 11 is 0. The second-order valence-corrected chi connectivity index (χ2v) is 6.75. The molecule has 0 spiro atoms. The summed E-state index contributed by atoms with van der Waals surface area (Å²) in [5, 5.41) is -0.568. The fraction of sp³-hybridized carbons (Fsp3) is 0.357. The van der Waals surface area contributed by atoms with Crippen LogP contribution in [0.4, 0.5) is 4.39 Å². The van der Waals surface area contributed by atoms with Crippen LogP contribution in [0.3, 0.4) is 0 Å². The third-order valence-electron chi connectivity index (χ3n) is 2.96. The number of aryl methyl sites for hydroxylation is 1. The lowest BCUT2D eigenvalue weighted by atomic mass is 10.3. The molecular weight excluding hydrogens is 295 g/mol. The summed E-state index contributed by atoms with van der Waals surface area (Å²) in [6.07, 6.45) is 1.26. The van der Waals surface area contributed by atoms with Crippen molar-refractivity contribution >= 4 is 10.0 Å². The van der Waals surface area contributed by atoms with Crippen LogP contribution in [0.2, 0.25) is 0 Å². The maximum Gasteiger partial charge on any atom is 0.264 e. The van der Waals surface area contributed by atoms with Gasteiger partial charge in [0, 0.05) is 12.2 Å². The second kappa shape index (κ2) is 5.95. The van der Waals surface area contributed by atoms with E-state index in [2.05, 4.69) is 4.98 Å². The van der Waals surface area contributed by atoms with Crippen molar-refractivity contribution in [2.75, 3.05) is 0 Å². The summed E-state index contributed by atoms with van der Waals surface area (Å²) in [6.45, 7) is 5.24. The van der Waals surface area contributed by atoms with Gasteiger partial charge >= 0.3 is 0 Å². The molecule has 0 atom stereocenters. The lowest BCUT2D eigenvalue weighted by Crippen LogP contribution is -2.37. The van der Waals surface area contributed by atoms with Gasteiger partial charge in [0.15, 0.2) is 5.82 Å². The number of aromatic nitrogens is 1. The predicted molar refractivity (Wildman–Crippen MR) is 75.5 cm³/mol. The molecule has 5 nitrogen and oxygen atoms in total. The number of sulfonamides is 1. The minimum absolute atomic E-state index is 0.0316. The molecule has 0 fully saturated rings. The SMILES string of the molecule is Cc1ccc(CN(C(C)C)S(=O)(=O)c2ncccc2F)o1. The molecule has 0 radical (unpaired) electrons. The number of pyridine rings is 1. The van der Waals surface area contributed by atoms with Crippen molar-refractivity contribution in [3.05, 3.63) is 47.8 Å². The number of nitrogens with zero attached hydrogens (tertiary/aromatic N) is 2. The number of hydrogen-bond donors (Lipinski definition) is 0. The summed E-state index contributed by atoms with van der Waals surface area (Å²) in [6, 6.07) is 5.53. The van der Waals surface area contributed by atoms with E-state index in [0.717, 1.165) is 10.4 Å². The fourth-order valence-corrected chi connectivity index (χ4v) is 3.52. The zero-order valence-electron chi connectivity index (χ0n) is 12.1. The van der Waals surface area contributed by atoms with Crippen molar-refractivity contribution in [3.63, 3.8) is 0 Å². The molecule has 0 aliphatic heterocycles. The quantitative estimate of drug-likeness (QED) is 0.851. The minimum Gasteiger partial charge on any atom is -0.465 e. The third-order valence-corrected chi connectivity index (χ3v) is 4.92. The molecule has 2 rings (SSSR count). The topological polar surface area (TPSA) is 63.4 Å². The maximum atomic E-state index is 13.8. The average Bonchev–Trinajstić information content (AvgIpc) is 2.81. The van der Waals surface area contributed by atoms with E-state index in [1.165, 1.54) is 12.3 Å². The van der Waals surface area contributed by atoms with Gasteiger partial charge in [-0.3, -0.25) is 0 Å². The van der Waals surface area contributed by atoms with Gasteiger partial charge in [-0.05, 0) is 45.0 Å². The molecule has 2 aromatic rings. The molecule has 21 heavy (non-hydrogen) atoms. The van der Waals surface area contributed by atoms with E-state index in [1.807, 2.05) is 0 Å². The van der Waals surface area contributed by atoms with E-state index in [4.69, 9.17) is 4.42 Å². The van der Waals surface area contributed by atoms with Crippen molar-refractivity contribution in [1.29, 1.82) is 0 Å². The second-order valence-electron chi connectivity index (χ2n) is 4.95. The lowest BCUT2D eigenvalue weighted by molar-refractivity contribution is 0.312. The van der Waals surface area contributed by atoms with E-state index >= 15 is 0 Å². The summed E-state index contributed by atoms with van der Waals surface area (Å²) in [7, 11) is -4.03. The molecule has 0 aromatic carbocycles. The molecule has 0 saturated carbocycles. The van der Waals surface area contributed by atoms with Crippen LogP contribution in [0, 0.1) is 12.7 Å². The van der Waals surface area contributed by atoms with Crippen LogP contribution in [0.15, 0.2) is 39.9 Å². The first-order chi connectivity index (χ1) is 9.82. The van der Waals surface area contributed by atoms with E-state index in [0.29, 0.717) is 11.5 Å². The van der Waals surface area contributed by atoms with Gasteiger partial charge in [0.1, 0.15) is 11.5 Å². The Morgan fingerprint density at radius 1 is 1.33 bits per heavy atom. The van der Waals surface area contributed by atoms with Crippen molar-refractivity contribution in [2.45, 2.75) is 38.4 Å². The molecule has 114 valence electrons. The predicted octanol–water partition coefficient (Wildman–Crippen LogP) is 2.72. The van der Waals surface area contributed by atoms with Gasteiger partial charge in [-0.25, -0.2) is 17.8 Å². The molecule has 2 heterocycles. The Kier molecular flexibility index (Phi) is 4.43. The van der Waals surface area contributed by atoms with Crippen LogP contribution in [-0.2, 0) is 16.6 Å². The molecule has 0 saturated heterocycles. The van der Waals surface area contributed by atoms with E-state index in [1.54, 1.807) is 32.9 Å². The van der Waals surface area contributed by atoms with Crippen LogP contribution in [0.1, 0.15) is 25.4 Å². The summed E-state index contributed by atoms with van der Waals surface area (Å²) in [4.78, 5) is 3.66. The van der Waals surface area contributed by atoms with E-state index in [9.17, 15) is 12.8 Å². The minimum atomic E-state index is -4.03. The van der Waals surface area contributed by atoms with Crippen LogP contribution < -0.4 is 0 Å². The van der Waals surface area contributed by atoms with Crippen LogP contribution >= 0.6 is 0 Å². The normalized spacial score (nSPS) is 12.3. The smallest absolute Gasteiger partial charge is 0.264 e. The van der Waals surface area contributed by atoms with Gasteiger partial charge in [0.05, 0.1) is 6.54 Å². The first-order valence-electron chi connectivity index (χ1n) is 6.50. The highest BCUT2D eigenvalue weighted by atomic mass is 32.2. The van der Waals surface area contributed by atoms with Gasteiger partial charge in [0.25, 0.3) is 10.0 Å². The van der Waals surface area contributed by atoms with Crippen LogP contribution in [-0.4, -0.2) is 23.7 Å². The van der Waals surface area contributed by atoms with Crippen molar-refractivity contribution in [2.24, 2.45) is 0 Å². The Labute approximate surface area is 123 Å². The van der Waals surface area contributed by atoms with Crippen LogP contribution in [0.25, 0.3) is 0 Å². The number of rotatable bonds is 5. The number of furan rings is 1. The maximum absolute atomic E-state index is 13.8. The molecule has 0 unspecified atom stereocenters. The zero-order valence-corrected chi connectivity index (χ0v) is 12.9. The standard InChI is InChI=1S/C14H17FN2O3S/c1-10(2)17(9-12-7-6-11(3)20-12)21(18,19)14-13(15)5-4-8-16-14/h4-8,10H,9H2,1-3H3. The Hall–Kier alpha value is -1.73. The Bertz CT molecular complexity index is 725. The first-order valence-corrected chi connectivity index (χ1v) is 7.94. The highest BCUT2D eigenvalue weighted by Gasteiger charge is 2.31. The molecular formula is C14H17FN2O3S. The van der Waals surface area contributed by atoms with E-state index in [-0.39, 0.29) is 12.6 Å². The molecule has 0 aliphatic rings. The average molecular weight is 312 g/mol. The molecule has 2 aromatic heterocycles. The molecule has 0 amide bonds. The Morgan fingerprint density at radius 3 is 2.57 bits per heavy atom. The summed E-state index contributed by atoms with van der Waals surface area (Å²) in [5.74, 6) is 0.329. The number of hydrogen-bond acceptors (Lipinski definition) is 4. The van der Waals surface area contributed by atoms with Gasteiger partial charge < -0.3 is 4.42 Å². The van der Waals surface area contributed by atoms with Gasteiger partial charge in [0.2, 0.25) is 5.03 Å². The van der Waals surface area contributed by atoms with Gasteiger partial charge in [-0.15, -0.1) is 0 Å². The Morgan fingerprint density at radius 2 is 2.05 bits per heavy atom. The highest BCUT2D eigenvalue weighted by molar-refractivity contribution is 7.89. The first kappa shape index (κ1) is 15.7. The molecule has 0 bridgehead atoms. The summed E-state index contributed by atoms with van der Waals surface area (Å²) in [5.41, 5.74) is 0. The van der Waals surface area contributed by atoms with E-state index < -0.39 is 20.9 Å². The summed E-state index contributed by atoms with van der Waals surface area (Å²) < 4.78 is 45.5. The molecule has 7 heteroatoms. The van der Waals surface area contributed by atoms with Gasteiger partial charge in [-0.1, -0.05) is 0 Å². The van der Waals surface area contributed by atoms with Crippen molar-refractivity contribution in [3.8, 4) is 0 Å². The largest absolute Gasteiger partial charge is 0.465 e. The third kappa shape index (κ3) is 3.30. The molecule has 0 N–H and O–H groups in total. The fourth-order valence-electron chi connectivity index (χ4n) is 1.94. The lowest BCUT2D eigenvalue weighted by Gasteiger charge is -2.24. The number of halogens is 1. The monoisotopic (exact) mass is 312 g/mol. The molecule has 0 aliphatic carbocycles. The van der Waals surface area contributed by atoms with Crippen LogP contribution in [0.5, 0.6) is 0 Å². The Balaban J connectivity index is 2.40. The zero-order chi connectivity index (χ0) is 15.6. The highest BCUT2D eigenvalue weighted by Crippen LogP contribution is 2.22. The van der Waals surface area contributed by atoms with Crippen molar-refractivity contribution < 1.29 is 17.2 Å².